The smallest absolute Gasteiger partial charge is 0.0644 e. The molecule has 0 atom stereocenters. The molecule has 0 bridgehead atoms. The zero-order valence-corrected chi connectivity index (χ0v) is 12.4. The normalized spacial score (nSPS) is 11.4. The summed E-state index contributed by atoms with van der Waals surface area (Å²) in [4.78, 5) is 18.8. The van der Waals surface area contributed by atoms with Crippen LogP contribution in [0, 0.1) is 0 Å². The summed E-state index contributed by atoms with van der Waals surface area (Å²) in [6.45, 7) is 0. The van der Waals surface area contributed by atoms with Crippen molar-refractivity contribution >= 4 is 18.1 Å². The summed E-state index contributed by atoms with van der Waals surface area (Å²) in [6, 6.07) is 11.6. The second kappa shape index (κ2) is 6.90. The van der Waals surface area contributed by atoms with E-state index >= 15 is 0 Å². The van der Waals surface area contributed by atoms with Gasteiger partial charge in [0.15, 0.2) is 0 Å². The molecule has 19 heavy (non-hydrogen) atoms. The minimum atomic E-state index is -2.27. The predicted octanol–water partition coefficient (Wildman–Crippen LogP) is 2.65. The van der Waals surface area contributed by atoms with Gasteiger partial charge in [-0.05, 0) is 37.1 Å². The first-order chi connectivity index (χ1) is 9.16. The van der Waals surface area contributed by atoms with Crippen LogP contribution in [0.2, 0.25) is 0 Å². The zero-order valence-electron chi connectivity index (χ0n) is 10.6. The van der Waals surface area contributed by atoms with E-state index in [9.17, 15) is 4.89 Å². The minimum absolute atomic E-state index is 0.645. The van der Waals surface area contributed by atoms with E-state index in [2.05, 4.69) is 9.97 Å². The van der Waals surface area contributed by atoms with E-state index in [1.165, 1.54) is 0 Å². The van der Waals surface area contributed by atoms with Gasteiger partial charge in [-0.15, -0.1) is 0 Å². The second-order valence-corrected chi connectivity index (χ2v) is 9.06. The summed E-state index contributed by atoms with van der Waals surface area (Å²) in [7, 11) is 0. The maximum Gasteiger partial charge on any atom is 0.0644 e. The lowest BCUT2D eigenvalue weighted by Crippen LogP contribution is -2.02. The van der Waals surface area contributed by atoms with Crippen LogP contribution in [0.3, 0.4) is 0 Å². The quantitative estimate of drug-likeness (QED) is 0.831. The van der Waals surface area contributed by atoms with Gasteiger partial charge < -0.3 is 4.89 Å². The highest BCUT2D eigenvalue weighted by molar-refractivity contribution is 8.11. The lowest BCUT2D eigenvalue weighted by molar-refractivity contribution is 0.617. The van der Waals surface area contributed by atoms with Crippen molar-refractivity contribution in [3.05, 3.63) is 60.2 Å². The summed E-state index contributed by atoms with van der Waals surface area (Å²) in [5.74, 6) is 0. The van der Waals surface area contributed by atoms with Gasteiger partial charge in [0.2, 0.25) is 0 Å². The minimum Gasteiger partial charge on any atom is -0.365 e. The molecule has 0 radical (unpaired) electrons. The molecule has 0 aromatic carbocycles. The summed E-state index contributed by atoms with van der Waals surface area (Å²) in [5.41, 5.74) is 1.98. The number of rotatable bonds is 6. The molecule has 0 saturated carbocycles. The first-order valence-electron chi connectivity index (χ1n) is 6.26. The molecule has 2 aromatic rings. The first kappa shape index (κ1) is 14.3. The summed E-state index contributed by atoms with van der Waals surface area (Å²) < 4.78 is 0. The van der Waals surface area contributed by atoms with Crippen LogP contribution >= 0.6 is 6.26 Å². The molecule has 3 nitrogen and oxygen atoms in total. The number of hydrogen-bond acceptors (Lipinski definition) is 3. The van der Waals surface area contributed by atoms with Gasteiger partial charge in [0, 0.05) is 36.1 Å². The molecular formula is C14H17N2OPS. The molecule has 0 unspecified atom stereocenters. The highest BCUT2D eigenvalue weighted by Gasteiger charge is 2.13. The van der Waals surface area contributed by atoms with Crippen LogP contribution in [0.1, 0.15) is 11.4 Å². The van der Waals surface area contributed by atoms with Crippen LogP contribution in [0.25, 0.3) is 0 Å². The predicted molar refractivity (Wildman–Crippen MR) is 82.1 cm³/mol. The molecule has 0 saturated heterocycles. The van der Waals surface area contributed by atoms with Crippen molar-refractivity contribution in [2.75, 3.05) is 12.3 Å². The molecule has 2 aromatic heterocycles. The van der Waals surface area contributed by atoms with Crippen molar-refractivity contribution in [1.29, 1.82) is 0 Å². The Hall–Kier alpha value is -1.09. The van der Waals surface area contributed by atoms with Gasteiger partial charge in [-0.1, -0.05) is 23.9 Å². The van der Waals surface area contributed by atoms with E-state index in [0.717, 1.165) is 24.2 Å². The van der Waals surface area contributed by atoms with Gasteiger partial charge in [-0.25, -0.2) is 0 Å². The number of hydrogen-bond donors (Lipinski definition) is 1. The van der Waals surface area contributed by atoms with Gasteiger partial charge in [0.05, 0.1) is 6.26 Å². The molecule has 0 fully saturated rings. The van der Waals surface area contributed by atoms with Gasteiger partial charge >= 0.3 is 0 Å². The third kappa shape index (κ3) is 5.19. The lowest BCUT2D eigenvalue weighted by Gasteiger charge is -2.14. The molecule has 0 aliphatic carbocycles. The molecular weight excluding hydrogens is 275 g/mol. The largest absolute Gasteiger partial charge is 0.365 e. The highest BCUT2D eigenvalue weighted by Crippen LogP contribution is 2.41. The Bertz CT molecular complexity index is 500. The number of pyridine rings is 2. The summed E-state index contributed by atoms with van der Waals surface area (Å²) in [5, 5.41) is 0. The van der Waals surface area contributed by atoms with E-state index in [1.807, 2.05) is 36.4 Å². The Kier molecular flexibility index (Phi) is 5.20. The van der Waals surface area contributed by atoms with E-state index in [4.69, 9.17) is 11.8 Å². The van der Waals surface area contributed by atoms with E-state index in [-0.39, 0.29) is 0 Å². The van der Waals surface area contributed by atoms with Crippen LogP contribution in [0.4, 0.5) is 0 Å². The van der Waals surface area contributed by atoms with Crippen LogP contribution in [0.15, 0.2) is 48.8 Å². The fraction of sp³-hybridized carbons (Fsp3) is 0.286. The second-order valence-electron chi connectivity index (χ2n) is 4.44. The van der Waals surface area contributed by atoms with Crippen LogP contribution in [-0.2, 0) is 24.6 Å². The molecule has 5 heteroatoms. The third-order valence-electron chi connectivity index (χ3n) is 2.89. The fourth-order valence-corrected chi connectivity index (χ4v) is 3.71. The van der Waals surface area contributed by atoms with Gasteiger partial charge in [-0.3, -0.25) is 9.97 Å². The Morgan fingerprint density at radius 2 is 1.37 bits per heavy atom. The first-order valence-corrected chi connectivity index (χ1v) is 9.39. The Morgan fingerprint density at radius 3 is 1.74 bits per heavy atom. The van der Waals surface area contributed by atoms with Crippen LogP contribution in [0.5, 0.6) is 0 Å². The van der Waals surface area contributed by atoms with E-state index in [0.29, 0.717) is 12.3 Å². The maximum absolute atomic E-state index is 10.3. The molecule has 0 aliphatic rings. The zero-order chi connectivity index (χ0) is 13.6. The molecule has 100 valence electrons. The molecule has 2 rings (SSSR count). The van der Waals surface area contributed by atoms with Crippen molar-refractivity contribution in [3.8, 4) is 0 Å². The Labute approximate surface area is 118 Å². The number of aromatic nitrogens is 2. The molecule has 1 N–H and O–H groups in total. The van der Waals surface area contributed by atoms with Crippen molar-refractivity contribution in [1.82, 2.24) is 9.97 Å². The van der Waals surface area contributed by atoms with Crippen LogP contribution < -0.4 is 0 Å². The monoisotopic (exact) mass is 292 g/mol. The number of nitrogens with zero attached hydrogens (tertiary/aromatic N) is 2. The maximum atomic E-state index is 10.3. The van der Waals surface area contributed by atoms with Crippen LogP contribution in [-0.4, -0.2) is 27.2 Å². The SMILES string of the molecule is OP(=S)(CCc1ccccn1)CCc1ccccn1. The highest BCUT2D eigenvalue weighted by atomic mass is 32.4. The Morgan fingerprint density at radius 1 is 0.895 bits per heavy atom. The summed E-state index contributed by atoms with van der Waals surface area (Å²) >= 11 is 5.35. The molecule has 0 amide bonds. The van der Waals surface area contributed by atoms with E-state index in [1.54, 1.807) is 12.4 Å². The fourth-order valence-electron chi connectivity index (χ4n) is 1.78. The average molecular weight is 292 g/mol. The number of aryl methyl sites for hydroxylation is 2. The summed E-state index contributed by atoms with van der Waals surface area (Å²) in [6.07, 6.45) is 4.05. The van der Waals surface area contributed by atoms with Gasteiger partial charge in [0.25, 0.3) is 0 Å². The molecule has 2 heterocycles. The van der Waals surface area contributed by atoms with Gasteiger partial charge in [0.1, 0.15) is 0 Å². The standard InChI is InChI=1S/C14H17N2OPS/c17-18(19,11-7-13-5-1-3-9-15-13)12-8-14-6-2-4-10-16-14/h1-6,9-10H,7-8,11-12H2,(H,17,19). The Balaban J connectivity index is 1.84. The molecule has 0 spiro atoms. The van der Waals surface area contributed by atoms with E-state index < -0.39 is 6.26 Å². The van der Waals surface area contributed by atoms with Crippen molar-refractivity contribution in [2.45, 2.75) is 12.8 Å². The lowest BCUT2D eigenvalue weighted by atomic mass is 10.3. The molecule has 0 aliphatic heterocycles. The third-order valence-corrected chi connectivity index (χ3v) is 5.83. The van der Waals surface area contributed by atoms with Crippen molar-refractivity contribution in [3.63, 3.8) is 0 Å². The van der Waals surface area contributed by atoms with Gasteiger partial charge in [-0.2, -0.15) is 0 Å². The average Bonchev–Trinajstić information content (AvgIpc) is 2.46. The topological polar surface area (TPSA) is 46.0 Å². The van der Waals surface area contributed by atoms with Crippen molar-refractivity contribution < 1.29 is 4.89 Å². The van der Waals surface area contributed by atoms with Crippen molar-refractivity contribution in [2.24, 2.45) is 0 Å².